The summed E-state index contributed by atoms with van der Waals surface area (Å²) in [5, 5.41) is 0. The molecule has 0 N–H and O–H groups in total. The number of rotatable bonds is 8. The molecule has 3 rings (SSSR count). The van der Waals surface area contributed by atoms with Crippen LogP contribution in [-0.4, -0.2) is 43.4 Å². The van der Waals surface area contributed by atoms with Crippen molar-refractivity contribution in [2.45, 2.75) is 38.8 Å². The highest BCUT2D eigenvalue weighted by molar-refractivity contribution is 7.91. The molecule has 2 aromatic rings. The Kier molecular flexibility index (Phi) is 6.21. The molecule has 146 valence electrons. The van der Waals surface area contributed by atoms with Crippen molar-refractivity contribution in [1.82, 2.24) is 4.90 Å². The van der Waals surface area contributed by atoms with Crippen LogP contribution in [0.3, 0.4) is 0 Å². The number of nitrogens with zero attached hydrogens (tertiary/aromatic N) is 1. The molecule has 0 bridgehead atoms. The minimum Gasteiger partial charge on any atom is -0.494 e. The maximum Gasteiger partial charge on any atom is 0.254 e. The molecule has 1 saturated heterocycles. The number of hydrogen-bond donors (Lipinski definition) is 0. The maximum absolute atomic E-state index is 13.2. The van der Waals surface area contributed by atoms with Crippen LogP contribution in [0.15, 0.2) is 47.1 Å². The number of furan rings is 1. The number of sulfone groups is 1. The van der Waals surface area contributed by atoms with Crippen LogP contribution in [0.25, 0.3) is 0 Å². The summed E-state index contributed by atoms with van der Waals surface area (Å²) in [4.78, 5) is 14.8. The van der Waals surface area contributed by atoms with Crippen molar-refractivity contribution in [2.75, 3.05) is 18.1 Å². The number of hydrogen-bond acceptors (Lipinski definition) is 5. The quantitative estimate of drug-likeness (QED) is 0.646. The fraction of sp³-hybridized carbons (Fsp3) is 0.450. The average Bonchev–Trinajstić information content (AvgIpc) is 3.29. The van der Waals surface area contributed by atoms with Gasteiger partial charge in [0.1, 0.15) is 11.5 Å². The first-order valence-electron chi connectivity index (χ1n) is 9.25. The van der Waals surface area contributed by atoms with Gasteiger partial charge in [0.15, 0.2) is 9.84 Å². The molecule has 0 spiro atoms. The highest BCUT2D eigenvalue weighted by Crippen LogP contribution is 2.24. The van der Waals surface area contributed by atoms with Gasteiger partial charge in [-0.1, -0.05) is 19.4 Å². The molecule has 0 radical (unpaired) electrons. The molecule has 7 heteroatoms. The predicted molar refractivity (Wildman–Crippen MR) is 102 cm³/mol. The Balaban J connectivity index is 1.81. The third-order valence-electron chi connectivity index (χ3n) is 4.66. The molecule has 0 aliphatic carbocycles. The number of carbonyl (C=O) groups excluding carboxylic acids is 1. The lowest BCUT2D eigenvalue weighted by atomic mass is 10.1. The Morgan fingerprint density at radius 2 is 2.15 bits per heavy atom. The maximum atomic E-state index is 13.2. The topological polar surface area (TPSA) is 76.8 Å². The summed E-state index contributed by atoms with van der Waals surface area (Å²) in [6.07, 6.45) is 3.97. The molecular formula is C20H25NO5S. The number of unbranched alkanes of at least 4 members (excludes halogenated alkanes) is 1. The average molecular weight is 391 g/mol. The van der Waals surface area contributed by atoms with Crippen molar-refractivity contribution in [1.29, 1.82) is 0 Å². The molecule has 1 amide bonds. The van der Waals surface area contributed by atoms with E-state index in [1.165, 1.54) is 0 Å². The van der Waals surface area contributed by atoms with E-state index in [0.29, 0.717) is 30.1 Å². The Hall–Kier alpha value is -2.28. The lowest BCUT2D eigenvalue weighted by Gasteiger charge is -2.27. The van der Waals surface area contributed by atoms with Gasteiger partial charge in [0.25, 0.3) is 5.91 Å². The normalized spacial score (nSPS) is 18.3. The first-order valence-corrected chi connectivity index (χ1v) is 11.1. The molecular weight excluding hydrogens is 366 g/mol. The molecule has 1 aromatic carbocycles. The smallest absolute Gasteiger partial charge is 0.254 e. The van der Waals surface area contributed by atoms with Crippen LogP contribution >= 0.6 is 0 Å². The Bertz CT molecular complexity index is 860. The summed E-state index contributed by atoms with van der Waals surface area (Å²) in [5.41, 5.74) is 0.486. The Morgan fingerprint density at radius 3 is 2.81 bits per heavy atom. The fourth-order valence-electron chi connectivity index (χ4n) is 3.18. The monoisotopic (exact) mass is 391 g/mol. The van der Waals surface area contributed by atoms with Crippen LogP contribution < -0.4 is 4.74 Å². The van der Waals surface area contributed by atoms with Gasteiger partial charge < -0.3 is 14.1 Å². The van der Waals surface area contributed by atoms with Gasteiger partial charge in [0.05, 0.1) is 30.9 Å². The van der Waals surface area contributed by atoms with Gasteiger partial charge in [-0.15, -0.1) is 0 Å². The summed E-state index contributed by atoms with van der Waals surface area (Å²) >= 11 is 0. The van der Waals surface area contributed by atoms with Crippen molar-refractivity contribution in [3.05, 3.63) is 54.0 Å². The SMILES string of the molecule is CCCCOc1cccc(C(=O)N(Cc2ccco2)[C@@H]2CCS(=O)(=O)C2)c1. The minimum absolute atomic E-state index is 0.00780. The third kappa shape index (κ3) is 5.13. The molecule has 2 heterocycles. The van der Waals surface area contributed by atoms with Crippen molar-refractivity contribution in [3.63, 3.8) is 0 Å². The molecule has 1 aliphatic heterocycles. The standard InChI is InChI=1S/C20H25NO5S/c1-2-3-10-25-18-7-4-6-16(13-18)20(22)21(14-19-8-5-11-26-19)17-9-12-27(23,24)15-17/h4-8,11,13,17H,2-3,9-10,12,14-15H2,1H3/t17-/m1/s1. The summed E-state index contributed by atoms with van der Waals surface area (Å²) in [7, 11) is -3.11. The van der Waals surface area contributed by atoms with E-state index < -0.39 is 9.84 Å². The number of benzene rings is 1. The van der Waals surface area contributed by atoms with E-state index in [4.69, 9.17) is 9.15 Å². The van der Waals surface area contributed by atoms with Crippen LogP contribution in [0.5, 0.6) is 5.75 Å². The van der Waals surface area contributed by atoms with Gasteiger partial charge in [-0.25, -0.2) is 8.42 Å². The number of amides is 1. The molecule has 0 saturated carbocycles. The number of ether oxygens (including phenoxy) is 1. The molecule has 27 heavy (non-hydrogen) atoms. The summed E-state index contributed by atoms with van der Waals surface area (Å²) in [5.74, 6) is 1.16. The second-order valence-corrected chi connectivity index (χ2v) is 9.03. The van der Waals surface area contributed by atoms with E-state index in [1.807, 2.05) is 6.07 Å². The Labute approximate surface area is 160 Å². The van der Waals surface area contributed by atoms with Gasteiger partial charge in [0, 0.05) is 11.6 Å². The molecule has 1 aromatic heterocycles. The van der Waals surface area contributed by atoms with E-state index in [0.717, 1.165) is 12.8 Å². The second kappa shape index (κ2) is 8.61. The van der Waals surface area contributed by atoms with Gasteiger partial charge in [-0.3, -0.25) is 4.79 Å². The van der Waals surface area contributed by atoms with Gasteiger partial charge in [-0.2, -0.15) is 0 Å². The lowest BCUT2D eigenvalue weighted by molar-refractivity contribution is 0.0665. The van der Waals surface area contributed by atoms with Gasteiger partial charge >= 0.3 is 0 Å². The van der Waals surface area contributed by atoms with E-state index in [2.05, 4.69) is 6.92 Å². The zero-order valence-electron chi connectivity index (χ0n) is 15.5. The number of carbonyl (C=O) groups is 1. The third-order valence-corrected chi connectivity index (χ3v) is 6.41. The lowest BCUT2D eigenvalue weighted by Crippen LogP contribution is -2.40. The second-order valence-electron chi connectivity index (χ2n) is 6.80. The highest BCUT2D eigenvalue weighted by Gasteiger charge is 2.35. The van der Waals surface area contributed by atoms with Gasteiger partial charge in [0.2, 0.25) is 0 Å². The van der Waals surface area contributed by atoms with Crippen LogP contribution in [0.2, 0.25) is 0 Å². The molecule has 6 nitrogen and oxygen atoms in total. The van der Waals surface area contributed by atoms with E-state index in [9.17, 15) is 13.2 Å². The van der Waals surface area contributed by atoms with Crippen molar-refractivity contribution in [2.24, 2.45) is 0 Å². The molecule has 1 fully saturated rings. The first kappa shape index (κ1) is 19.5. The van der Waals surface area contributed by atoms with Crippen LogP contribution in [0, 0.1) is 0 Å². The van der Waals surface area contributed by atoms with E-state index in [1.54, 1.807) is 41.5 Å². The van der Waals surface area contributed by atoms with E-state index >= 15 is 0 Å². The van der Waals surface area contributed by atoms with Crippen LogP contribution in [-0.2, 0) is 16.4 Å². The van der Waals surface area contributed by atoms with Crippen molar-refractivity contribution in [3.8, 4) is 5.75 Å². The minimum atomic E-state index is -3.11. The van der Waals surface area contributed by atoms with Crippen molar-refractivity contribution < 1.29 is 22.4 Å². The van der Waals surface area contributed by atoms with Gasteiger partial charge in [-0.05, 0) is 43.2 Å². The largest absolute Gasteiger partial charge is 0.494 e. The summed E-state index contributed by atoms with van der Waals surface area (Å²) < 4.78 is 34.9. The Morgan fingerprint density at radius 1 is 1.30 bits per heavy atom. The zero-order valence-corrected chi connectivity index (χ0v) is 16.3. The van der Waals surface area contributed by atoms with Crippen LogP contribution in [0.4, 0.5) is 0 Å². The molecule has 0 unspecified atom stereocenters. The molecule has 1 atom stereocenters. The van der Waals surface area contributed by atoms with Crippen LogP contribution in [0.1, 0.15) is 42.3 Å². The van der Waals surface area contributed by atoms with E-state index in [-0.39, 0.29) is 30.0 Å². The summed E-state index contributed by atoms with van der Waals surface area (Å²) in [6, 6.07) is 10.2. The van der Waals surface area contributed by atoms with Crippen molar-refractivity contribution >= 4 is 15.7 Å². The zero-order chi connectivity index (χ0) is 19.3. The first-order chi connectivity index (χ1) is 13.0. The highest BCUT2D eigenvalue weighted by atomic mass is 32.2. The molecule has 1 aliphatic rings. The summed E-state index contributed by atoms with van der Waals surface area (Å²) in [6.45, 7) is 2.93. The fourth-order valence-corrected chi connectivity index (χ4v) is 4.91. The predicted octanol–water partition coefficient (Wildman–Crippen LogP) is 3.29.